The molecule has 1 aromatic carbocycles. The molecule has 0 bridgehead atoms. The van der Waals surface area contributed by atoms with Gasteiger partial charge in [0.2, 0.25) is 0 Å². The van der Waals surface area contributed by atoms with Crippen LogP contribution >= 0.6 is 0 Å². The average Bonchev–Trinajstić information content (AvgIpc) is 2.52. The summed E-state index contributed by atoms with van der Waals surface area (Å²) in [6.45, 7) is 4.24. The largest absolute Gasteiger partial charge is 0.249 e. The summed E-state index contributed by atoms with van der Waals surface area (Å²) in [4.78, 5) is 4.36. The van der Waals surface area contributed by atoms with Gasteiger partial charge in [-0.1, -0.05) is 51.0 Å². The topological polar surface area (TPSA) is 42.3 Å². The van der Waals surface area contributed by atoms with Crippen LogP contribution in [0.5, 0.6) is 0 Å². The Bertz CT molecular complexity index is 684. The molecule has 2 aromatic rings. The lowest BCUT2D eigenvalue weighted by Crippen LogP contribution is -2.10. The summed E-state index contributed by atoms with van der Waals surface area (Å²) >= 11 is 0. The van der Waals surface area contributed by atoms with Gasteiger partial charge in [0, 0.05) is 23.1 Å². The van der Waals surface area contributed by atoms with Gasteiger partial charge < -0.3 is 0 Å². The van der Waals surface area contributed by atoms with Crippen molar-refractivity contribution in [2.75, 3.05) is 11.5 Å². The number of nitrogens with zero attached hydrogens (tertiary/aromatic N) is 2. The molecule has 0 aliphatic heterocycles. The quantitative estimate of drug-likeness (QED) is 0.727. The van der Waals surface area contributed by atoms with Crippen LogP contribution < -0.4 is 0 Å². The van der Waals surface area contributed by atoms with Crippen LogP contribution in [-0.2, 0) is 9.73 Å². The molecule has 0 N–H and O–H groups in total. The van der Waals surface area contributed by atoms with Gasteiger partial charge in [-0.25, -0.2) is 9.19 Å². The van der Waals surface area contributed by atoms with Gasteiger partial charge in [-0.2, -0.15) is 4.36 Å². The fourth-order valence-corrected chi connectivity index (χ4v) is 4.59. The van der Waals surface area contributed by atoms with E-state index >= 15 is 0 Å². The van der Waals surface area contributed by atoms with Crippen molar-refractivity contribution in [2.24, 2.45) is 4.36 Å². The second kappa shape index (κ2) is 7.55. The second-order valence-corrected chi connectivity index (χ2v) is 7.88. The second-order valence-electron chi connectivity index (χ2n) is 5.33. The van der Waals surface area contributed by atoms with Gasteiger partial charge in [0.25, 0.3) is 0 Å². The molecule has 1 aromatic heterocycles. The van der Waals surface area contributed by atoms with Gasteiger partial charge >= 0.3 is 0 Å². The molecule has 21 heavy (non-hydrogen) atoms. The van der Waals surface area contributed by atoms with E-state index in [1.807, 2.05) is 30.3 Å². The molecule has 0 spiro atoms. The highest BCUT2D eigenvalue weighted by Gasteiger charge is 2.10. The fraction of sp³-hybridized carbons (Fsp3) is 0.471. The zero-order chi connectivity index (χ0) is 15.1. The number of hydrogen-bond donors (Lipinski definition) is 0. The number of pyridine rings is 1. The molecule has 2 rings (SSSR count). The zero-order valence-corrected chi connectivity index (χ0v) is 13.7. The third-order valence-electron chi connectivity index (χ3n) is 3.54. The van der Waals surface area contributed by atoms with Crippen LogP contribution in [0.4, 0.5) is 5.82 Å². The molecule has 3 nitrogen and oxygen atoms in total. The molecule has 0 saturated heterocycles. The minimum absolute atomic E-state index is 0.630. The molecule has 0 aliphatic rings. The Hall–Kier alpha value is -1.42. The first-order chi connectivity index (χ1) is 10.2. The van der Waals surface area contributed by atoms with Crippen molar-refractivity contribution in [3.63, 3.8) is 0 Å². The summed E-state index contributed by atoms with van der Waals surface area (Å²) < 4.78 is 17.7. The lowest BCUT2D eigenvalue weighted by atomic mass is 10.2. The number of rotatable bonds is 7. The number of hydrogen-bond acceptors (Lipinski definition) is 3. The van der Waals surface area contributed by atoms with Crippen LogP contribution in [0.2, 0.25) is 0 Å². The third kappa shape index (κ3) is 4.27. The van der Waals surface area contributed by atoms with E-state index in [2.05, 4.69) is 23.2 Å². The van der Waals surface area contributed by atoms with Crippen LogP contribution in [-0.4, -0.2) is 20.7 Å². The summed E-state index contributed by atoms with van der Waals surface area (Å²) in [5.41, 5.74) is 0. The van der Waals surface area contributed by atoms with Gasteiger partial charge in [0.1, 0.15) is 0 Å². The van der Waals surface area contributed by atoms with E-state index in [-0.39, 0.29) is 0 Å². The molecular weight excluding hydrogens is 280 g/mol. The molecule has 0 fully saturated rings. The number of fused-ring (bicyclic) bond motifs is 1. The lowest BCUT2D eigenvalue weighted by Gasteiger charge is -2.10. The fourth-order valence-electron chi connectivity index (χ4n) is 2.27. The first-order valence-electron chi connectivity index (χ1n) is 7.75. The summed E-state index contributed by atoms with van der Waals surface area (Å²) in [5, 5.41) is 2.08. The Morgan fingerprint density at radius 1 is 1.05 bits per heavy atom. The molecular formula is C17H24N2OS. The standard InChI is InChI=1S/C17H24N2OS/c1-3-5-13-21(20,14-6-4-2)19-17-16-10-8-7-9-15(16)11-12-18-17/h7-12H,3-6,13-14H2,1-2H3. The Morgan fingerprint density at radius 3 is 2.38 bits per heavy atom. The summed E-state index contributed by atoms with van der Waals surface area (Å²) in [5.74, 6) is 1.98. The molecule has 0 saturated carbocycles. The van der Waals surface area contributed by atoms with Crippen LogP contribution in [0.1, 0.15) is 39.5 Å². The first-order valence-corrected chi connectivity index (χ1v) is 9.60. The highest BCUT2D eigenvalue weighted by Crippen LogP contribution is 2.25. The number of unbranched alkanes of at least 4 members (excludes halogenated alkanes) is 2. The van der Waals surface area contributed by atoms with E-state index in [4.69, 9.17) is 0 Å². The van der Waals surface area contributed by atoms with Crippen molar-refractivity contribution in [1.82, 2.24) is 4.98 Å². The maximum atomic E-state index is 13.1. The predicted octanol–water partition coefficient (Wildman–Crippen LogP) is 4.93. The van der Waals surface area contributed by atoms with Crippen molar-refractivity contribution < 1.29 is 4.21 Å². The van der Waals surface area contributed by atoms with E-state index in [9.17, 15) is 4.21 Å². The Morgan fingerprint density at radius 2 is 1.71 bits per heavy atom. The van der Waals surface area contributed by atoms with Crippen molar-refractivity contribution in [3.8, 4) is 0 Å². The minimum Gasteiger partial charge on any atom is -0.249 e. The van der Waals surface area contributed by atoms with Gasteiger partial charge in [-0.3, -0.25) is 0 Å². The van der Waals surface area contributed by atoms with Crippen LogP contribution in [0.15, 0.2) is 40.9 Å². The van der Waals surface area contributed by atoms with Crippen molar-refractivity contribution in [2.45, 2.75) is 39.5 Å². The van der Waals surface area contributed by atoms with Crippen LogP contribution in [0, 0.1) is 0 Å². The maximum Gasteiger partial charge on any atom is 0.169 e. The Labute approximate surface area is 128 Å². The van der Waals surface area contributed by atoms with Gasteiger partial charge in [0.15, 0.2) is 5.82 Å². The zero-order valence-electron chi connectivity index (χ0n) is 12.9. The number of aromatic nitrogens is 1. The smallest absolute Gasteiger partial charge is 0.169 e. The lowest BCUT2D eigenvalue weighted by molar-refractivity contribution is 0.669. The molecule has 4 heteroatoms. The van der Waals surface area contributed by atoms with Crippen LogP contribution in [0.3, 0.4) is 0 Å². The van der Waals surface area contributed by atoms with Crippen molar-refractivity contribution >= 4 is 26.3 Å². The van der Waals surface area contributed by atoms with Crippen LogP contribution in [0.25, 0.3) is 10.8 Å². The van der Waals surface area contributed by atoms with E-state index in [1.165, 1.54) is 0 Å². The molecule has 0 amide bonds. The van der Waals surface area contributed by atoms with Crippen molar-refractivity contribution in [3.05, 3.63) is 36.5 Å². The molecule has 0 atom stereocenters. The average molecular weight is 304 g/mol. The van der Waals surface area contributed by atoms with E-state index < -0.39 is 9.73 Å². The summed E-state index contributed by atoms with van der Waals surface area (Å²) in [6, 6.07) is 9.98. The molecule has 0 radical (unpaired) electrons. The van der Waals surface area contributed by atoms with Gasteiger partial charge in [-0.15, -0.1) is 0 Å². The van der Waals surface area contributed by atoms with E-state index in [0.29, 0.717) is 17.3 Å². The highest BCUT2D eigenvalue weighted by molar-refractivity contribution is 7.93. The van der Waals surface area contributed by atoms with Crippen molar-refractivity contribution in [1.29, 1.82) is 0 Å². The molecule has 0 aliphatic carbocycles. The SMILES string of the molecule is CCCCS(=O)(CCCC)=Nc1nccc2ccccc12. The summed E-state index contributed by atoms with van der Waals surface area (Å²) in [7, 11) is -2.20. The van der Waals surface area contributed by atoms with Gasteiger partial charge in [-0.05, 0) is 24.3 Å². The molecule has 0 unspecified atom stereocenters. The van der Waals surface area contributed by atoms with E-state index in [1.54, 1.807) is 6.20 Å². The van der Waals surface area contributed by atoms with Gasteiger partial charge in [0.05, 0.1) is 9.73 Å². The maximum absolute atomic E-state index is 13.1. The number of benzene rings is 1. The molecule has 1 heterocycles. The predicted molar refractivity (Wildman–Crippen MR) is 91.5 cm³/mol. The monoisotopic (exact) mass is 304 g/mol. The summed E-state index contributed by atoms with van der Waals surface area (Å²) in [6.07, 6.45) is 5.75. The Kier molecular flexibility index (Phi) is 5.74. The minimum atomic E-state index is -2.20. The molecule has 114 valence electrons. The first kappa shape index (κ1) is 16.0. The Balaban J connectivity index is 2.46. The highest BCUT2D eigenvalue weighted by atomic mass is 32.2. The third-order valence-corrected chi connectivity index (χ3v) is 5.90. The van der Waals surface area contributed by atoms with E-state index in [0.717, 1.165) is 36.5 Å². The normalized spacial score (nSPS) is 11.7.